The van der Waals surface area contributed by atoms with Gasteiger partial charge in [-0.2, -0.15) is 0 Å². The lowest BCUT2D eigenvalue weighted by Gasteiger charge is -2.18. The highest BCUT2D eigenvalue weighted by Crippen LogP contribution is 2.24. The van der Waals surface area contributed by atoms with Gasteiger partial charge in [0.2, 0.25) is 0 Å². The van der Waals surface area contributed by atoms with Crippen molar-refractivity contribution in [1.82, 2.24) is 0 Å². The number of hydrogen-bond acceptors (Lipinski definition) is 3. The van der Waals surface area contributed by atoms with Gasteiger partial charge in [-0.25, -0.2) is 4.79 Å². The van der Waals surface area contributed by atoms with E-state index in [1.165, 1.54) is 6.08 Å². The van der Waals surface area contributed by atoms with E-state index in [9.17, 15) is 9.00 Å². The zero-order chi connectivity index (χ0) is 18.3. The first-order valence-electron chi connectivity index (χ1n) is 8.11. The third kappa shape index (κ3) is 7.63. The van der Waals surface area contributed by atoms with Crippen molar-refractivity contribution in [3.63, 3.8) is 0 Å². The van der Waals surface area contributed by atoms with Crippen LogP contribution in [0.1, 0.15) is 46.1 Å². The summed E-state index contributed by atoms with van der Waals surface area (Å²) in [5.74, 6) is -0.280. The molecule has 0 bridgehead atoms. The van der Waals surface area contributed by atoms with Gasteiger partial charge in [0.05, 0.1) is 10.8 Å². The minimum absolute atomic E-state index is 0.0667. The van der Waals surface area contributed by atoms with Gasteiger partial charge in [-0.1, -0.05) is 30.7 Å². The minimum Gasteiger partial charge on any atom is -0.457 e. The van der Waals surface area contributed by atoms with Gasteiger partial charge in [0.25, 0.3) is 0 Å². The summed E-state index contributed by atoms with van der Waals surface area (Å²) in [7, 11) is -1.24. The summed E-state index contributed by atoms with van der Waals surface area (Å²) < 4.78 is 17.2. The molecule has 0 radical (unpaired) electrons. The van der Waals surface area contributed by atoms with Crippen LogP contribution < -0.4 is 0 Å². The lowest BCUT2D eigenvalue weighted by molar-refractivity contribution is -0.148. The number of halogens is 1. The number of hydrogen-bond donors (Lipinski definition) is 0. The van der Waals surface area contributed by atoms with Crippen molar-refractivity contribution in [2.75, 3.05) is 0 Å². The lowest BCUT2D eigenvalue weighted by atomic mass is 10.1. The molecule has 1 aromatic rings. The number of alkyl halides is 1. The van der Waals surface area contributed by atoms with Gasteiger partial charge in [0, 0.05) is 11.0 Å². The van der Waals surface area contributed by atoms with E-state index in [0.717, 1.165) is 16.9 Å². The maximum absolute atomic E-state index is 12.5. The van der Waals surface area contributed by atoms with Gasteiger partial charge < -0.3 is 4.74 Å². The first kappa shape index (κ1) is 20.9. The third-order valence-corrected chi connectivity index (χ3v) is 5.88. The highest BCUT2D eigenvalue weighted by atomic mass is 35.5. The minimum atomic E-state index is -1.24. The number of carbonyl (C=O) groups is 1. The predicted octanol–water partition coefficient (Wildman–Crippen LogP) is 4.98. The number of aryl methyl sites for hydroxylation is 1. The number of carbonyl (C=O) groups excluding carboxylic acids is 1. The predicted molar refractivity (Wildman–Crippen MR) is 101 cm³/mol. The largest absolute Gasteiger partial charge is 0.457 e. The van der Waals surface area contributed by atoms with Crippen LogP contribution in [-0.2, 0) is 20.3 Å². The maximum Gasteiger partial charge on any atom is 0.330 e. The Bertz CT molecular complexity index is 588. The van der Waals surface area contributed by atoms with Crippen LogP contribution in [0.15, 0.2) is 41.3 Å². The SMILES string of the molecule is Cc1ccc(S(=O)C(Cl)C(C)CC/C=C/C(=O)OC(C)(C)C)cc1. The average molecular weight is 371 g/mol. The molecule has 3 nitrogen and oxygen atoms in total. The van der Waals surface area contributed by atoms with Crippen molar-refractivity contribution in [3.8, 4) is 0 Å². The number of rotatable bonds is 7. The molecule has 0 heterocycles. The van der Waals surface area contributed by atoms with E-state index in [2.05, 4.69) is 0 Å². The summed E-state index contributed by atoms with van der Waals surface area (Å²) in [5.41, 5.74) is 0.642. The summed E-state index contributed by atoms with van der Waals surface area (Å²) in [4.78, 5) is 12.3. The van der Waals surface area contributed by atoms with Crippen LogP contribution >= 0.6 is 11.6 Å². The topological polar surface area (TPSA) is 43.4 Å². The van der Waals surface area contributed by atoms with E-state index in [1.807, 2.05) is 58.9 Å². The van der Waals surface area contributed by atoms with E-state index in [-0.39, 0.29) is 11.9 Å². The summed E-state index contributed by atoms with van der Waals surface area (Å²) in [6.45, 7) is 9.47. The van der Waals surface area contributed by atoms with E-state index in [1.54, 1.807) is 6.08 Å². The van der Waals surface area contributed by atoms with Crippen molar-refractivity contribution in [2.24, 2.45) is 5.92 Å². The molecular weight excluding hydrogens is 344 g/mol. The van der Waals surface area contributed by atoms with Crippen molar-refractivity contribution < 1.29 is 13.7 Å². The number of ether oxygens (including phenoxy) is 1. The second-order valence-corrected chi connectivity index (χ2v) is 9.26. The third-order valence-electron chi connectivity index (χ3n) is 3.35. The number of esters is 1. The highest BCUT2D eigenvalue weighted by molar-refractivity contribution is 7.87. The molecule has 3 atom stereocenters. The molecule has 0 saturated heterocycles. The Hall–Kier alpha value is -1.13. The first-order chi connectivity index (χ1) is 11.1. The molecule has 0 fully saturated rings. The Morgan fingerprint density at radius 2 is 1.88 bits per heavy atom. The number of benzene rings is 1. The zero-order valence-electron chi connectivity index (χ0n) is 15.0. The fourth-order valence-corrected chi connectivity index (χ4v) is 3.68. The van der Waals surface area contributed by atoms with Crippen LogP contribution in [-0.4, -0.2) is 20.5 Å². The van der Waals surface area contributed by atoms with Crippen LogP contribution in [0, 0.1) is 12.8 Å². The zero-order valence-corrected chi connectivity index (χ0v) is 16.6. The van der Waals surface area contributed by atoms with Gasteiger partial charge >= 0.3 is 5.97 Å². The molecule has 0 spiro atoms. The standard InChI is InChI=1S/C19H27ClO3S/c1-14-10-12-16(13-11-14)24(22)18(20)15(2)8-6-7-9-17(21)23-19(3,4)5/h7,9-13,15,18H,6,8H2,1-5H3/b9-7+. The Morgan fingerprint density at radius 1 is 1.29 bits per heavy atom. The normalized spacial score (nSPS) is 15.9. The van der Waals surface area contributed by atoms with Crippen LogP contribution in [0.4, 0.5) is 0 Å². The molecule has 3 unspecified atom stereocenters. The van der Waals surface area contributed by atoms with Gasteiger partial charge in [0.1, 0.15) is 10.3 Å². The first-order valence-corrected chi connectivity index (χ1v) is 9.76. The molecule has 0 N–H and O–H groups in total. The molecule has 0 aliphatic rings. The molecule has 0 aromatic heterocycles. The highest BCUT2D eigenvalue weighted by Gasteiger charge is 2.22. The Morgan fingerprint density at radius 3 is 2.42 bits per heavy atom. The average Bonchev–Trinajstić information content (AvgIpc) is 2.49. The van der Waals surface area contributed by atoms with Gasteiger partial charge in [-0.3, -0.25) is 4.21 Å². The Kier molecular flexibility index (Phi) is 8.17. The molecule has 0 amide bonds. The van der Waals surface area contributed by atoms with E-state index in [4.69, 9.17) is 16.3 Å². The molecule has 1 rings (SSSR count). The fraction of sp³-hybridized carbons (Fsp3) is 0.526. The smallest absolute Gasteiger partial charge is 0.330 e. The molecule has 134 valence electrons. The Balaban J connectivity index is 2.47. The van der Waals surface area contributed by atoms with E-state index >= 15 is 0 Å². The molecule has 0 aliphatic carbocycles. The summed E-state index contributed by atoms with van der Waals surface area (Å²) >= 11 is 6.37. The summed E-state index contributed by atoms with van der Waals surface area (Å²) in [5, 5.41) is 0. The van der Waals surface area contributed by atoms with Gasteiger partial charge in [0.15, 0.2) is 0 Å². The molecule has 5 heteroatoms. The molecule has 0 aliphatic heterocycles. The van der Waals surface area contributed by atoms with Crippen molar-refractivity contribution in [3.05, 3.63) is 42.0 Å². The van der Waals surface area contributed by atoms with Crippen LogP contribution in [0.25, 0.3) is 0 Å². The van der Waals surface area contributed by atoms with Crippen molar-refractivity contribution in [2.45, 2.75) is 62.7 Å². The fourth-order valence-electron chi connectivity index (χ4n) is 2.02. The molecular formula is C19H27ClO3S. The monoisotopic (exact) mass is 370 g/mol. The second-order valence-electron chi connectivity index (χ2n) is 6.95. The second kappa shape index (κ2) is 9.38. The van der Waals surface area contributed by atoms with E-state index in [0.29, 0.717) is 6.42 Å². The summed E-state index contributed by atoms with van der Waals surface area (Å²) in [6.07, 6.45) is 4.67. The van der Waals surface area contributed by atoms with E-state index < -0.39 is 21.1 Å². The van der Waals surface area contributed by atoms with Crippen LogP contribution in [0.5, 0.6) is 0 Å². The quantitative estimate of drug-likeness (QED) is 0.386. The number of allylic oxidation sites excluding steroid dienone is 1. The maximum atomic E-state index is 12.5. The molecule has 24 heavy (non-hydrogen) atoms. The summed E-state index contributed by atoms with van der Waals surface area (Å²) in [6, 6.07) is 7.59. The lowest BCUT2D eigenvalue weighted by Crippen LogP contribution is -2.22. The van der Waals surface area contributed by atoms with Crippen LogP contribution in [0.2, 0.25) is 0 Å². The van der Waals surface area contributed by atoms with Gasteiger partial charge in [-0.05, 0) is 58.6 Å². The van der Waals surface area contributed by atoms with Gasteiger partial charge in [-0.15, -0.1) is 11.6 Å². The van der Waals surface area contributed by atoms with Crippen molar-refractivity contribution >= 4 is 28.4 Å². The Labute approximate surface area is 152 Å². The van der Waals surface area contributed by atoms with Crippen LogP contribution in [0.3, 0.4) is 0 Å². The molecule has 1 aromatic carbocycles. The molecule has 0 saturated carbocycles. The van der Waals surface area contributed by atoms with Crippen molar-refractivity contribution in [1.29, 1.82) is 0 Å².